The number of carbonyl (C=O) groups excluding carboxylic acids is 1. The van der Waals surface area contributed by atoms with Crippen molar-refractivity contribution in [1.29, 1.82) is 0 Å². The van der Waals surface area contributed by atoms with E-state index in [1.165, 1.54) is 12.1 Å². The molecule has 0 aliphatic heterocycles. The number of aromatic hydroxyl groups is 1. The Morgan fingerprint density at radius 3 is 2.56 bits per heavy atom. The van der Waals surface area contributed by atoms with E-state index in [2.05, 4.69) is 33.0 Å². The van der Waals surface area contributed by atoms with Gasteiger partial charge in [0.1, 0.15) is 5.75 Å². The molecule has 0 saturated carbocycles. The van der Waals surface area contributed by atoms with Gasteiger partial charge in [0.2, 0.25) is 0 Å². The molecule has 0 fully saturated rings. The number of benzene rings is 1. The van der Waals surface area contributed by atoms with E-state index in [0.29, 0.717) is 18.0 Å². The summed E-state index contributed by atoms with van der Waals surface area (Å²) in [6.07, 6.45) is 0. The number of phenols is 1. The molecule has 18 heavy (non-hydrogen) atoms. The zero-order valence-corrected chi connectivity index (χ0v) is 12.0. The van der Waals surface area contributed by atoms with Crippen molar-refractivity contribution in [1.82, 2.24) is 5.32 Å². The molecule has 1 aromatic carbocycles. The minimum Gasteiger partial charge on any atom is -0.506 e. The summed E-state index contributed by atoms with van der Waals surface area (Å²) in [5.74, 6) is 0.179. The van der Waals surface area contributed by atoms with Gasteiger partial charge in [-0.05, 0) is 29.5 Å². The summed E-state index contributed by atoms with van der Waals surface area (Å²) in [5.41, 5.74) is 0.610. The highest BCUT2D eigenvalue weighted by Crippen LogP contribution is 2.25. The molecule has 0 heterocycles. The summed E-state index contributed by atoms with van der Waals surface area (Å²) in [7, 11) is 0. The number of nitrogens with one attached hydrogen (secondary N) is 1. The fraction of sp³-hybridized carbons (Fsp3) is 0.500. The minimum atomic E-state index is -0.173. The van der Waals surface area contributed by atoms with Gasteiger partial charge in [-0.15, -0.1) is 0 Å². The predicted octanol–water partition coefficient (Wildman–Crippen LogP) is 3.46. The highest BCUT2D eigenvalue weighted by Gasteiger charge is 2.20. The fourth-order valence-electron chi connectivity index (χ4n) is 1.30. The molecule has 1 rings (SSSR count). The summed E-state index contributed by atoms with van der Waals surface area (Å²) in [6, 6.07) is 4.44. The van der Waals surface area contributed by atoms with E-state index in [9.17, 15) is 9.90 Å². The maximum atomic E-state index is 11.9. The molecule has 4 heteroatoms. The lowest BCUT2D eigenvalue weighted by molar-refractivity contribution is 0.0937. The van der Waals surface area contributed by atoms with Gasteiger partial charge in [-0.1, -0.05) is 39.3 Å². The van der Waals surface area contributed by atoms with Crippen molar-refractivity contribution in [2.24, 2.45) is 11.3 Å². The second-order valence-electron chi connectivity index (χ2n) is 5.64. The van der Waals surface area contributed by atoms with E-state index >= 15 is 0 Å². The first-order valence-corrected chi connectivity index (χ1v) is 6.36. The molecular weight excluding hydrogens is 250 g/mol. The van der Waals surface area contributed by atoms with Gasteiger partial charge in [0.05, 0.1) is 5.02 Å². The average Bonchev–Trinajstić information content (AvgIpc) is 2.27. The molecule has 0 aliphatic rings. The maximum Gasteiger partial charge on any atom is 0.251 e. The van der Waals surface area contributed by atoms with Crippen LogP contribution >= 0.6 is 11.6 Å². The van der Waals surface area contributed by atoms with Crippen LogP contribution in [0.25, 0.3) is 0 Å². The number of hydrogen-bond donors (Lipinski definition) is 2. The van der Waals surface area contributed by atoms with Crippen molar-refractivity contribution in [3.8, 4) is 5.75 Å². The van der Waals surface area contributed by atoms with E-state index in [-0.39, 0.29) is 22.1 Å². The molecule has 0 aromatic heterocycles. The highest BCUT2D eigenvalue weighted by atomic mass is 35.5. The Labute approximate surface area is 113 Å². The topological polar surface area (TPSA) is 49.3 Å². The van der Waals surface area contributed by atoms with Crippen molar-refractivity contribution in [2.45, 2.75) is 27.7 Å². The maximum absolute atomic E-state index is 11.9. The van der Waals surface area contributed by atoms with Gasteiger partial charge >= 0.3 is 0 Å². The van der Waals surface area contributed by atoms with Gasteiger partial charge in [0.15, 0.2) is 0 Å². The van der Waals surface area contributed by atoms with Gasteiger partial charge in [0, 0.05) is 12.1 Å². The molecule has 3 nitrogen and oxygen atoms in total. The number of carbonyl (C=O) groups is 1. The van der Waals surface area contributed by atoms with Crippen LogP contribution in [0, 0.1) is 11.3 Å². The lowest BCUT2D eigenvalue weighted by atomic mass is 9.82. The van der Waals surface area contributed by atoms with Gasteiger partial charge in [-0.25, -0.2) is 0 Å². The zero-order valence-electron chi connectivity index (χ0n) is 11.2. The number of phenolic OH excluding ortho intramolecular Hbond substituents is 1. The molecule has 2 N–H and O–H groups in total. The molecule has 0 bridgehead atoms. The van der Waals surface area contributed by atoms with E-state index in [4.69, 9.17) is 11.6 Å². The van der Waals surface area contributed by atoms with E-state index in [0.717, 1.165) is 0 Å². The largest absolute Gasteiger partial charge is 0.506 e. The monoisotopic (exact) mass is 269 g/mol. The molecule has 100 valence electrons. The van der Waals surface area contributed by atoms with Crippen LogP contribution in [0.15, 0.2) is 18.2 Å². The normalized spacial score (nSPS) is 13.2. The van der Waals surface area contributed by atoms with Crippen LogP contribution < -0.4 is 5.32 Å². The Morgan fingerprint density at radius 1 is 1.44 bits per heavy atom. The summed E-state index contributed by atoms with van der Waals surface area (Å²) >= 11 is 5.76. The molecule has 1 amide bonds. The van der Waals surface area contributed by atoms with Crippen LogP contribution in [0.4, 0.5) is 0 Å². The molecule has 1 unspecified atom stereocenters. The Hall–Kier alpha value is -1.22. The fourth-order valence-corrected chi connectivity index (χ4v) is 1.48. The van der Waals surface area contributed by atoms with Crippen LogP contribution in [-0.4, -0.2) is 17.6 Å². The van der Waals surface area contributed by atoms with Crippen LogP contribution in [-0.2, 0) is 0 Å². The van der Waals surface area contributed by atoms with Crippen molar-refractivity contribution in [3.63, 3.8) is 0 Å². The quantitative estimate of drug-likeness (QED) is 0.883. The van der Waals surface area contributed by atoms with Gasteiger partial charge < -0.3 is 10.4 Å². The summed E-state index contributed by atoms with van der Waals surface area (Å²) in [5, 5.41) is 12.3. The van der Waals surface area contributed by atoms with Crippen LogP contribution in [0.5, 0.6) is 5.75 Å². The van der Waals surface area contributed by atoms with Gasteiger partial charge in [-0.3, -0.25) is 4.79 Å². The van der Waals surface area contributed by atoms with E-state index < -0.39 is 0 Å². The lowest BCUT2D eigenvalue weighted by Gasteiger charge is -2.27. The molecule has 0 spiro atoms. The summed E-state index contributed by atoms with van der Waals surface area (Å²) < 4.78 is 0. The Morgan fingerprint density at radius 2 is 2.06 bits per heavy atom. The Kier molecular flexibility index (Phi) is 4.63. The van der Waals surface area contributed by atoms with Crippen molar-refractivity contribution >= 4 is 17.5 Å². The molecule has 0 radical (unpaired) electrons. The smallest absolute Gasteiger partial charge is 0.251 e. The third-order valence-corrected chi connectivity index (χ3v) is 3.56. The molecule has 1 aromatic rings. The SMILES string of the molecule is CC(CNC(=O)c1ccc(O)c(Cl)c1)C(C)(C)C. The molecular formula is C14H20ClNO2. The Bertz CT molecular complexity index is 438. The second-order valence-corrected chi connectivity index (χ2v) is 6.05. The Balaban J connectivity index is 2.63. The number of hydrogen-bond acceptors (Lipinski definition) is 2. The molecule has 0 saturated heterocycles. The number of amides is 1. The van der Waals surface area contributed by atoms with Crippen molar-refractivity contribution in [3.05, 3.63) is 28.8 Å². The summed E-state index contributed by atoms with van der Waals surface area (Å²) in [4.78, 5) is 11.9. The molecule has 0 aliphatic carbocycles. The summed E-state index contributed by atoms with van der Waals surface area (Å²) in [6.45, 7) is 9.13. The van der Waals surface area contributed by atoms with Gasteiger partial charge in [-0.2, -0.15) is 0 Å². The first kappa shape index (κ1) is 14.8. The van der Waals surface area contributed by atoms with Crippen LogP contribution in [0.3, 0.4) is 0 Å². The first-order chi connectivity index (χ1) is 8.21. The average molecular weight is 270 g/mol. The third-order valence-electron chi connectivity index (χ3n) is 3.26. The van der Waals surface area contributed by atoms with E-state index in [1.807, 2.05) is 0 Å². The predicted molar refractivity (Wildman–Crippen MR) is 74.1 cm³/mol. The zero-order chi connectivity index (χ0) is 13.9. The number of rotatable bonds is 3. The van der Waals surface area contributed by atoms with Gasteiger partial charge in [0.25, 0.3) is 5.91 Å². The minimum absolute atomic E-state index is 0.0173. The highest BCUT2D eigenvalue weighted by molar-refractivity contribution is 6.32. The van der Waals surface area contributed by atoms with Crippen molar-refractivity contribution < 1.29 is 9.90 Å². The second kappa shape index (κ2) is 5.61. The van der Waals surface area contributed by atoms with Crippen LogP contribution in [0.2, 0.25) is 5.02 Å². The standard InChI is InChI=1S/C14H20ClNO2/c1-9(14(2,3)4)8-16-13(18)10-5-6-12(17)11(15)7-10/h5-7,9,17H,8H2,1-4H3,(H,16,18). The third kappa shape index (κ3) is 3.91. The van der Waals surface area contributed by atoms with Crippen LogP contribution in [0.1, 0.15) is 38.1 Å². The number of halogens is 1. The van der Waals surface area contributed by atoms with Crippen molar-refractivity contribution in [2.75, 3.05) is 6.54 Å². The lowest BCUT2D eigenvalue weighted by Crippen LogP contribution is -2.33. The first-order valence-electron chi connectivity index (χ1n) is 5.98. The molecule has 1 atom stereocenters. The van der Waals surface area contributed by atoms with E-state index in [1.54, 1.807) is 6.07 Å².